The molecule has 1 N–H and O–H groups in total. The zero-order chi connectivity index (χ0) is 9.61. The van der Waals surface area contributed by atoms with Crippen LogP contribution in [0.15, 0.2) is 11.6 Å². The van der Waals surface area contributed by atoms with E-state index in [1.54, 1.807) is 19.9 Å². The molecule has 0 unspecified atom stereocenters. The third-order valence-electron chi connectivity index (χ3n) is 1.47. The third-order valence-corrected chi connectivity index (χ3v) is 1.47. The molecule has 0 aliphatic rings. The van der Waals surface area contributed by atoms with Crippen LogP contribution in [0.25, 0.3) is 0 Å². The molecule has 0 atom stereocenters. The fourth-order valence-electron chi connectivity index (χ4n) is 0.954. The van der Waals surface area contributed by atoms with Gasteiger partial charge in [-0.25, -0.2) is 0 Å². The van der Waals surface area contributed by atoms with Crippen LogP contribution in [0.2, 0.25) is 0 Å². The first-order valence-electron chi connectivity index (χ1n) is 4.34. The van der Waals surface area contributed by atoms with Crippen molar-refractivity contribution >= 4 is 0 Å². The van der Waals surface area contributed by atoms with Gasteiger partial charge in [0.2, 0.25) is 0 Å². The molecule has 2 heteroatoms. The van der Waals surface area contributed by atoms with Gasteiger partial charge in [0.15, 0.2) is 0 Å². The van der Waals surface area contributed by atoms with E-state index in [0.717, 1.165) is 19.3 Å². The summed E-state index contributed by atoms with van der Waals surface area (Å²) in [6.45, 7) is 5.44. The van der Waals surface area contributed by atoms with Crippen molar-refractivity contribution < 1.29 is 5.11 Å². The summed E-state index contributed by atoms with van der Waals surface area (Å²) in [4.78, 5) is 0. The minimum Gasteiger partial charge on any atom is -0.386 e. The Hall–Kier alpha value is -0.810. The van der Waals surface area contributed by atoms with E-state index in [9.17, 15) is 5.11 Å². The summed E-state index contributed by atoms with van der Waals surface area (Å²) < 4.78 is 0. The van der Waals surface area contributed by atoms with Crippen LogP contribution in [0, 0.1) is 11.3 Å². The van der Waals surface area contributed by atoms with Crippen molar-refractivity contribution in [3.05, 3.63) is 11.6 Å². The van der Waals surface area contributed by atoms with E-state index in [1.165, 1.54) is 0 Å². The first-order valence-corrected chi connectivity index (χ1v) is 4.34. The van der Waals surface area contributed by atoms with E-state index in [4.69, 9.17) is 5.26 Å². The van der Waals surface area contributed by atoms with Gasteiger partial charge in [0, 0.05) is 5.57 Å². The maximum atomic E-state index is 9.39. The zero-order valence-corrected chi connectivity index (χ0v) is 8.09. The minimum absolute atomic E-state index is 0.685. The Balaban J connectivity index is 4.17. The van der Waals surface area contributed by atoms with Crippen LogP contribution in [0.4, 0.5) is 0 Å². The predicted octanol–water partition coefficient (Wildman–Crippen LogP) is 2.40. The van der Waals surface area contributed by atoms with Gasteiger partial charge in [-0.1, -0.05) is 13.3 Å². The molecule has 0 aliphatic carbocycles. The molecule has 0 amide bonds. The second kappa shape index (κ2) is 4.95. The Labute approximate surface area is 74.5 Å². The predicted molar refractivity (Wildman–Crippen MR) is 49.5 cm³/mol. The fraction of sp³-hybridized carbons (Fsp3) is 0.700. The molecule has 0 heterocycles. The van der Waals surface area contributed by atoms with Crippen LogP contribution in [-0.4, -0.2) is 10.7 Å². The highest BCUT2D eigenvalue weighted by Gasteiger charge is 2.09. The molecule has 0 aromatic rings. The van der Waals surface area contributed by atoms with Gasteiger partial charge in [0.25, 0.3) is 0 Å². The Kier molecular flexibility index (Phi) is 4.61. The van der Waals surface area contributed by atoms with E-state index in [-0.39, 0.29) is 0 Å². The molecule has 0 fully saturated rings. The topological polar surface area (TPSA) is 44.0 Å². The lowest BCUT2D eigenvalue weighted by Crippen LogP contribution is -2.14. The monoisotopic (exact) mass is 167 g/mol. The molecule has 68 valence electrons. The van der Waals surface area contributed by atoms with Gasteiger partial charge in [0.05, 0.1) is 11.7 Å². The molecular weight excluding hydrogens is 150 g/mol. The Morgan fingerprint density at radius 2 is 2.17 bits per heavy atom. The van der Waals surface area contributed by atoms with Crippen LogP contribution < -0.4 is 0 Å². The summed E-state index contributed by atoms with van der Waals surface area (Å²) in [5, 5.41) is 18.1. The molecule has 0 saturated carbocycles. The van der Waals surface area contributed by atoms with Crippen molar-refractivity contribution in [3.8, 4) is 6.07 Å². The van der Waals surface area contributed by atoms with Crippen molar-refractivity contribution in [1.29, 1.82) is 5.26 Å². The second-order valence-electron chi connectivity index (χ2n) is 3.54. The van der Waals surface area contributed by atoms with Gasteiger partial charge < -0.3 is 5.11 Å². The summed E-state index contributed by atoms with van der Waals surface area (Å²) in [6.07, 6.45) is 4.49. The molecule has 0 aromatic carbocycles. The molecular formula is C10H17NO. The number of nitrogens with zero attached hydrogens (tertiary/aromatic N) is 1. The van der Waals surface area contributed by atoms with Crippen molar-refractivity contribution in [3.63, 3.8) is 0 Å². The lowest BCUT2D eigenvalue weighted by Gasteiger charge is -2.11. The molecule has 12 heavy (non-hydrogen) atoms. The van der Waals surface area contributed by atoms with E-state index in [1.807, 2.05) is 0 Å². The minimum atomic E-state index is -0.862. The highest BCUT2D eigenvalue weighted by atomic mass is 16.3. The summed E-state index contributed by atoms with van der Waals surface area (Å²) in [7, 11) is 0. The van der Waals surface area contributed by atoms with Gasteiger partial charge in [-0.05, 0) is 32.8 Å². The standard InChI is InChI=1S/C10H17NO/c1-4-5-6-9(8-11)7-10(2,3)12/h7,12H,4-6H2,1-3H3/b9-7-. The Bertz CT molecular complexity index is 193. The molecule has 0 rings (SSSR count). The molecule has 0 saturated heterocycles. The summed E-state index contributed by atoms with van der Waals surface area (Å²) in [5.74, 6) is 0. The molecule has 0 spiro atoms. The van der Waals surface area contributed by atoms with E-state index >= 15 is 0 Å². The number of hydrogen-bond donors (Lipinski definition) is 1. The molecule has 0 aromatic heterocycles. The van der Waals surface area contributed by atoms with Crippen LogP contribution in [0.3, 0.4) is 0 Å². The number of hydrogen-bond acceptors (Lipinski definition) is 2. The average molecular weight is 167 g/mol. The van der Waals surface area contributed by atoms with Gasteiger partial charge in [-0.3, -0.25) is 0 Å². The van der Waals surface area contributed by atoms with Crippen LogP contribution >= 0.6 is 0 Å². The maximum absolute atomic E-state index is 9.39. The Morgan fingerprint density at radius 3 is 2.50 bits per heavy atom. The van der Waals surface area contributed by atoms with Gasteiger partial charge >= 0.3 is 0 Å². The molecule has 0 bridgehead atoms. The van der Waals surface area contributed by atoms with Crippen molar-refractivity contribution in [2.24, 2.45) is 0 Å². The lowest BCUT2D eigenvalue weighted by molar-refractivity contribution is 0.132. The molecule has 2 nitrogen and oxygen atoms in total. The fourth-order valence-corrected chi connectivity index (χ4v) is 0.954. The van der Waals surface area contributed by atoms with E-state index < -0.39 is 5.60 Å². The van der Waals surface area contributed by atoms with Crippen molar-refractivity contribution in [2.45, 2.75) is 45.6 Å². The summed E-state index contributed by atoms with van der Waals surface area (Å²) in [6, 6.07) is 2.09. The zero-order valence-electron chi connectivity index (χ0n) is 8.09. The first-order chi connectivity index (χ1) is 5.49. The highest BCUT2D eigenvalue weighted by molar-refractivity contribution is 5.23. The summed E-state index contributed by atoms with van der Waals surface area (Å²) in [5.41, 5.74) is -0.178. The normalized spacial score (nSPS) is 12.8. The molecule has 0 aliphatic heterocycles. The smallest absolute Gasteiger partial charge is 0.0944 e. The second-order valence-corrected chi connectivity index (χ2v) is 3.54. The van der Waals surface area contributed by atoms with E-state index in [0.29, 0.717) is 5.57 Å². The maximum Gasteiger partial charge on any atom is 0.0944 e. The first kappa shape index (κ1) is 11.2. The number of allylic oxidation sites excluding steroid dienone is 1. The van der Waals surface area contributed by atoms with E-state index in [2.05, 4.69) is 13.0 Å². The average Bonchev–Trinajstić information content (AvgIpc) is 1.95. The van der Waals surface area contributed by atoms with Gasteiger partial charge in [0.1, 0.15) is 0 Å². The number of aliphatic hydroxyl groups is 1. The number of nitriles is 1. The number of unbranched alkanes of at least 4 members (excludes halogenated alkanes) is 1. The SMILES string of the molecule is CCCC/C(C#N)=C/C(C)(C)O. The summed E-state index contributed by atoms with van der Waals surface area (Å²) >= 11 is 0. The molecule has 0 radical (unpaired) electrons. The van der Waals surface area contributed by atoms with Crippen molar-refractivity contribution in [1.82, 2.24) is 0 Å². The van der Waals surface area contributed by atoms with Crippen LogP contribution in [0.1, 0.15) is 40.0 Å². The van der Waals surface area contributed by atoms with Gasteiger partial charge in [-0.15, -0.1) is 0 Å². The lowest BCUT2D eigenvalue weighted by atomic mass is 10.0. The quantitative estimate of drug-likeness (QED) is 0.653. The van der Waals surface area contributed by atoms with Crippen molar-refractivity contribution in [2.75, 3.05) is 0 Å². The number of rotatable bonds is 4. The highest BCUT2D eigenvalue weighted by Crippen LogP contribution is 2.12. The third kappa shape index (κ3) is 5.94. The van der Waals surface area contributed by atoms with Crippen LogP contribution in [0.5, 0.6) is 0 Å². The Morgan fingerprint density at radius 1 is 1.58 bits per heavy atom. The van der Waals surface area contributed by atoms with Crippen LogP contribution in [-0.2, 0) is 0 Å². The van der Waals surface area contributed by atoms with Gasteiger partial charge in [-0.2, -0.15) is 5.26 Å². The largest absolute Gasteiger partial charge is 0.386 e.